The molecule has 1 saturated heterocycles. The van der Waals surface area contributed by atoms with Crippen LogP contribution in [0.1, 0.15) is 12.5 Å². The van der Waals surface area contributed by atoms with E-state index in [4.69, 9.17) is 15.7 Å². The van der Waals surface area contributed by atoms with Gasteiger partial charge in [-0.2, -0.15) is 15.2 Å². The summed E-state index contributed by atoms with van der Waals surface area (Å²) in [5.41, 5.74) is 6.11. The average molecular weight is 355 g/mol. The molecule has 2 aromatic rings. The van der Waals surface area contributed by atoms with Crippen molar-refractivity contribution >= 4 is 29.0 Å². The van der Waals surface area contributed by atoms with Crippen molar-refractivity contribution in [3.63, 3.8) is 0 Å². The lowest BCUT2D eigenvalue weighted by atomic mass is 10.2. The third kappa shape index (κ3) is 3.62. The van der Waals surface area contributed by atoms with Crippen molar-refractivity contribution in [2.24, 2.45) is 0 Å². The summed E-state index contributed by atoms with van der Waals surface area (Å²) in [4.78, 5) is 21.2. The number of nitro groups is 1. The van der Waals surface area contributed by atoms with Crippen molar-refractivity contribution in [1.29, 1.82) is 5.26 Å². The molecular weight excluding hydrogens is 338 g/mol. The Kier molecular flexibility index (Phi) is 4.81. The van der Waals surface area contributed by atoms with Gasteiger partial charge in [-0.25, -0.2) is 0 Å². The van der Waals surface area contributed by atoms with Gasteiger partial charge in [0.1, 0.15) is 17.3 Å². The van der Waals surface area contributed by atoms with Crippen LogP contribution in [-0.4, -0.2) is 40.7 Å². The molecule has 1 fully saturated rings. The van der Waals surface area contributed by atoms with Gasteiger partial charge in [0.25, 0.3) is 5.69 Å². The monoisotopic (exact) mass is 355 g/mol. The summed E-state index contributed by atoms with van der Waals surface area (Å²) < 4.78 is 5.42. The molecule has 0 radical (unpaired) electrons. The van der Waals surface area contributed by atoms with E-state index in [0.29, 0.717) is 25.6 Å². The number of nitrogens with one attached hydrogen (secondary N) is 1. The molecule has 1 aliphatic heterocycles. The number of benzene rings is 1. The first kappa shape index (κ1) is 17.4. The van der Waals surface area contributed by atoms with Crippen molar-refractivity contribution in [3.05, 3.63) is 39.9 Å². The number of ether oxygens (including phenoxy) is 1. The van der Waals surface area contributed by atoms with Gasteiger partial charge >= 0.3 is 0 Å². The number of nitro benzene ring substituents is 1. The van der Waals surface area contributed by atoms with E-state index in [1.165, 1.54) is 18.2 Å². The Labute approximate surface area is 149 Å². The summed E-state index contributed by atoms with van der Waals surface area (Å²) in [6.07, 6.45) is 0. The second-order valence-electron chi connectivity index (χ2n) is 5.82. The molecule has 1 aromatic heterocycles. The highest BCUT2D eigenvalue weighted by Gasteiger charge is 2.22. The van der Waals surface area contributed by atoms with E-state index in [0.717, 1.165) is 0 Å². The van der Waals surface area contributed by atoms with Crippen LogP contribution < -0.4 is 16.0 Å². The van der Waals surface area contributed by atoms with Crippen LogP contribution in [0.4, 0.5) is 29.0 Å². The molecule has 134 valence electrons. The molecule has 0 bridgehead atoms. The maximum atomic E-state index is 11.2. The third-order valence-electron chi connectivity index (χ3n) is 3.96. The maximum absolute atomic E-state index is 11.2. The molecule has 1 atom stereocenters. The number of hydrogen-bond donors (Lipinski definition) is 2. The Morgan fingerprint density at radius 2 is 2.27 bits per heavy atom. The first-order valence-electron chi connectivity index (χ1n) is 7.92. The van der Waals surface area contributed by atoms with Gasteiger partial charge in [0, 0.05) is 18.7 Å². The highest BCUT2D eigenvalue weighted by molar-refractivity contribution is 5.69. The van der Waals surface area contributed by atoms with Crippen LogP contribution in [0.25, 0.3) is 0 Å². The van der Waals surface area contributed by atoms with E-state index in [-0.39, 0.29) is 34.7 Å². The fourth-order valence-corrected chi connectivity index (χ4v) is 2.71. The molecule has 10 heteroatoms. The molecule has 1 aromatic carbocycles. The zero-order valence-corrected chi connectivity index (χ0v) is 14.0. The minimum Gasteiger partial charge on any atom is -0.383 e. The standard InChI is InChI=1S/C16H17N7O3/c1-10-9-26-5-4-22(10)15-7-14(18)20-16(21-15)19-12-6-11(8-17)2-3-13(12)23(24)25/h2-3,6-7,10H,4-5,9H2,1H3,(H3,18,19,20,21). The fraction of sp³-hybridized carbons (Fsp3) is 0.312. The summed E-state index contributed by atoms with van der Waals surface area (Å²) in [7, 11) is 0. The number of aromatic nitrogens is 2. The van der Waals surface area contributed by atoms with Gasteiger partial charge in [-0.05, 0) is 19.1 Å². The molecule has 3 rings (SSSR count). The SMILES string of the molecule is CC1COCCN1c1cc(N)nc(Nc2cc(C#N)ccc2[N+](=O)[O-])n1. The number of nitrogen functional groups attached to an aromatic ring is 1. The second-order valence-corrected chi connectivity index (χ2v) is 5.82. The highest BCUT2D eigenvalue weighted by Crippen LogP contribution is 2.29. The van der Waals surface area contributed by atoms with Crippen LogP contribution in [0, 0.1) is 21.4 Å². The van der Waals surface area contributed by atoms with Crippen molar-refractivity contribution in [3.8, 4) is 6.07 Å². The van der Waals surface area contributed by atoms with Crippen molar-refractivity contribution in [1.82, 2.24) is 9.97 Å². The molecule has 0 spiro atoms. The Bertz CT molecular complexity index is 881. The quantitative estimate of drug-likeness (QED) is 0.619. The van der Waals surface area contributed by atoms with Gasteiger partial charge in [0.15, 0.2) is 0 Å². The van der Waals surface area contributed by atoms with Gasteiger partial charge in [-0.1, -0.05) is 0 Å². The third-order valence-corrected chi connectivity index (χ3v) is 3.96. The number of nitrogens with zero attached hydrogens (tertiary/aromatic N) is 5. The average Bonchev–Trinajstić information content (AvgIpc) is 2.61. The molecule has 26 heavy (non-hydrogen) atoms. The highest BCUT2D eigenvalue weighted by atomic mass is 16.6. The normalized spacial score (nSPS) is 16.8. The predicted octanol–water partition coefficient (Wildman–Crippen LogP) is 1.81. The molecule has 0 amide bonds. The van der Waals surface area contributed by atoms with Gasteiger partial charge in [-0.3, -0.25) is 10.1 Å². The summed E-state index contributed by atoms with van der Waals surface area (Å²) in [6.45, 7) is 3.81. The van der Waals surface area contributed by atoms with Crippen LogP contribution in [0.3, 0.4) is 0 Å². The number of hydrogen-bond acceptors (Lipinski definition) is 9. The van der Waals surface area contributed by atoms with E-state index < -0.39 is 4.92 Å². The summed E-state index contributed by atoms with van der Waals surface area (Å²) in [5, 5.41) is 23.1. The minimum absolute atomic E-state index is 0.113. The number of nitriles is 1. The first-order chi connectivity index (χ1) is 12.5. The van der Waals surface area contributed by atoms with Gasteiger partial charge in [-0.15, -0.1) is 0 Å². The molecule has 0 aliphatic carbocycles. The van der Waals surface area contributed by atoms with Crippen molar-refractivity contribution < 1.29 is 9.66 Å². The summed E-state index contributed by atoms with van der Waals surface area (Å²) >= 11 is 0. The van der Waals surface area contributed by atoms with Gasteiger partial charge in [0.05, 0.1) is 35.8 Å². The van der Waals surface area contributed by atoms with E-state index in [1.54, 1.807) is 6.07 Å². The number of morpholine rings is 1. The molecule has 0 saturated carbocycles. The molecule has 2 heterocycles. The van der Waals surface area contributed by atoms with E-state index in [1.807, 2.05) is 17.9 Å². The largest absolute Gasteiger partial charge is 0.383 e. The Morgan fingerprint density at radius 3 is 2.96 bits per heavy atom. The van der Waals surface area contributed by atoms with E-state index in [2.05, 4.69) is 15.3 Å². The maximum Gasteiger partial charge on any atom is 0.292 e. The Morgan fingerprint density at radius 1 is 1.46 bits per heavy atom. The number of rotatable bonds is 4. The molecule has 1 unspecified atom stereocenters. The lowest BCUT2D eigenvalue weighted by Crippen LogP contribution is -2.44. The van der Waals surface area contributed by atoms with Gasteiger partial charge < -0.3 is 20.7 Å². The van der Waals surface area contributed by atoms with Crippen LogP contribution in [0.15, 0.2) is 24.3 Å². The van der Waals surface area contributed by atoms with Crippen LogP contribution in [0.5, 0.6) is 0 Å². The number of anilines is 4. The molecule has 10 nitrogen and oxygen atoms in total. The smallest absolute Gasteiger partial charge is 0.292 e. The van der Waals surface area contributed by atoms with E-state index >= 15 is 0 Å². The van der Waals surface area contributed by atoms with Crippen LogP contribution in [-0.2, 0) is 4.74 Å². The molecular formula is C16H17N7O3. The van der Waals surface area contributed by atoms with Crippen molar-refractivity contribution in [2.75, 3.05) is 35.7 Å². The lowest BCUT2D eigenvalue weighted by Gasteiger charge is -2.34. The summed E-state index contributed by atoms with van der Waals surface area (Å²) in [6, 6.07) is 7.73. The molecule has 1 aliphatic rings. The second kappa shape index (κ2) is 7.20. The Hall–Kier alpha value is -3.45. The minimum atomic E-state index is -0.541. The number of nitrogens with two attached hydrogens (primary N) is 1. The van der Waals surface area contributed by atoms with Crippen LogP contribution >= 0.6 is 0 Å². The lowest BCUT2D eigenvalue weighted by molar-refractivity contribution is -0.383. The van der Waals surface area contributed by atoms with Gasteiger partial charge in [0.2, 0.25) is 5.95 Å². The van der Waals surface area contributed by atoms with Crippen LogP contribution in [0.2, 0.25) is 0 Å². The van der Waals surface area contributed by atoms with Crippen molar-refractivity contribution in [2.45, 2.75) is 13.0 Å². The first-order valence-corrected chi connectivity index (χ1v) is 7.92. The van der Waals surface area contributed by atoms with E-state index in [9.17, 15) is 10.1 Å². The Balaban J connectivity index is 1.96. The zero-order chi connectivity index (χ0) is 18.7. The summed E-state index contributed by atoms with van der Waals surface area (Å²) in [5.74, 6) is 0.960. The fourth-order valence-electron chi connectivity index (χ4n) is 2.71. The predicted molar refractivity (Wildman–Crippen MR) is 95.2 cm³/mol. The topological polar surface area (TPSA) is 143 Å². The molecule has 3 N–H and O–H groups in total. The zero-order valence-electron chi connectivity index (χ0n) is 14.0.